The van der Waals surface area contributed by atoms with Crippen LogP contribution in [0, 0.1) is 13.8 Å². The molecule has 1 atom stereocenters. The molecule has 0 aliphatic carbocycles. The number of carbonyl (C=O) groups is 1. The first-order chi connectivity index (χ1) is 15.7. The zero-order valence-electron chi connectivity index (χ0n) is 18.9. The first kappa shape index (κ1) is 23.6. The van der Waals surface area contributed by atoms with E-state index in [1.54, 1.807) is 19.9 Å². The molecule has 4 rings (SSSR count). The zero-order valence-corrected chi connectivity index (χ0v) is 18.9. The van der Waals surface area contributed by atoms with E-state index in [0.29, 0.717) is 41.6 Å². The highest BCUT2D eigenvalue weighted by Gasteiger charge is 2.34. The molecule has 4 heterocycles. The second-order valence-corrected chi connectivity index (χ2v) is 8.98. The molecule has 0 bridgehead atoms. The standard InChI is InChI=1S/C24H29F3N4O2/c1-15-10-21(17-11-18(13-28-12-17)24(25,26)27)29-16(2)22(15)23(33)30-8-5-19(6-9-30)31-7-3-4-20(31)14-32/h10-13,19-20,32H,3-9,14H2,1-2H3/t20-/m0/s1. The Morgan fingerprint density at radius 2 is 1.85 bits per heavy atom. The van der Waals surface area contributed by atoms with Gasteiger partial charge >= 0.3 is 6.18 Å². The molecular weight excluding hydrogens is 433 g/mol. The molecule has 2 aliphatic heterocycles. The minimum absolute atomic E-state index is 0.0928. The van der Waals surface area contributed by atoms with Crippen LogP contribution in [0.2, 0.25) is 0 Å². The summed E-state index contributed by atoms with van der Waals surface area (Å²) in [6, 6.07) is 3.28. The van der Waals surface area contributed by atoms with Crippen molar-refractivity contribution in [2.75, 3.05) is 26.2 Å². The molecule has 0 aromatic carbocycles. The molecule has 2 fully saturated rings. The number of amides is 1. The Hall–Kier alpha value is -2.52. The summed E-state index contributed by atoms with van der Waals surface area (Å²) >= 11 is 0. The third-order valence-electron chi connectivity index (χ3n) is 6.83. The average Bonchev–Trinajstić information content (AvgIpc) is 3.27. The third kappa shape index (κ3) is 4.89. The molecule has 6 nitrogen and oxygen atoms in total. The van der Waals surface area contributed by atoms with E-state index in [2.05, 4.69) is 14.9 Å². The number of rotatable bonds is 4. The van der Waals surface area contributed by atoms with Crippen molar-refractivity contribution >= 4 is 5.91 Å². The molecule has 1 amide bonds. The SMILES string of the molecule is Cc1cc(-c2cncc(C(F)(F)F)c2)nc(C)c1C(=O)N1CCC(N2CCC[C@H]2CO)CC1. The number of aryl methyl sites for hydroxylation is 2. The molecule has 178 valence electrons. The zero-order chi connectivity index (χ0) is 23.8. The predicted molar refractivity (Wildman–Crippen MR) is 118 cm³/mol. The number of aliphatic hydroxyl groups is 1. The van der Waals surface area contributed by atoms with Gasteiger partial charge in [-0.15, -0.1) is 0 Å². The largest absolute Gasteiger partial charge is 0.417 e. The molecule has 0 saturated carbocycles. The van der Waals surface area contributed by atoms with E-state index in [1.165, 1.54) is 6.20 Å². The molecular formula is C24H29F3N4O2. The fourth-order valence-electron chi connectivity index (χ4n) is 5.13. The number of carbonyl (C=O) groups excluding carboxylic acids is 1. The van der Waals surface area contributed by atoms with E-state index in [1.807, 2.05) is 4.90 Å². The van der Waals surface area contributed by atoms with Gasteiger partial charge in [0.15, 0.2) is 0 Å². The van der Waals surface area contributed by atoms with Crippen LogP contribution >= 0.6 is 0 Å². The van der Waals surface area contributed by atoms with E-state index in [0.717, 1.165) is 44.5 Å². The maximum atomic E-state index is 13.3. The van der Waals surface area contributed by atoms with Crippen LogP contribution in [0.4, 0.5) is 13.2 Å². The first-order valence-corrected chi connectivity index (χ1v) is 11.4. The Morgan fingerprint density at radius 3 is 2.48 bits per heavy atom. The number of aromatic nitrogens is 2. The second-order valence-electron chi connectivity index (χ2n) is 8.98. The van der Waals surface area contributed by atoms with Crippen molar-refractivity contribution in [1.82, 2.24) is 19.8 Å². The van der Waals surface area contributed by atoms with Gasteiger partial charge in [0, 0.05) is 43.1 Å². The van der Waals surface area contributed by atoms with Gasteiger partial charge < -0.3 is 10.0 Å². The maximum Gasteiger partial charge on any atom is 0.417 e. The number of aliphatic hydroxyl groups excluding tert-OH is 1. The van der Waals surface area contributed by atoms with Gasteiger partial charge in [-0.05, 0) is 63.8 Å². The molecule has 9 heteroatoms. The second kappa shape index (κ2) is 9.38. The van der Waals surface area contributed by atoms with Crippen LogP contribution in [-0.2, 0) is 6.18 Å². The van der Waals surface area contributed by atoms with E-state index >= 15 is 0 Å². The summed E-state index contributed by atoms with van der Waals surface area (Å²) in [5, 5.41) is 9.60. The Kier molecular flexibility index (Phi) is 6.72. The predicted octanol–water partition coefficient (Wildman–Crippen LogP) is 3.84. The van der Waals surface area contributed by atoms with Gasteiger partial charge in [-0.1, -0.05) is 0 Å². The number of hydrogen-bond acceptors (Lipinski definition) is 5. The summed E-state index contributed by atoms with van der Waals surface area (Å²) in [7, 11) is 0. The minimum Gasteiger partial charge on any atom is -0.395 e. The topological polar surface area (TPSA) is 69.6 Å². The summed E-state index contributed by atoms with van der Waals surface area (Å²) in [5.74, 6) is -0.0928. The van der Waals surface area contributed by atoms with Crippen LogP contribution in [0.25, 0.3) is 11.3 Å². The molecule has 0 radical (unpaired) electrons. The summed E-state index contributed by atoms with van der Waals surface area (Å²) in [4.78, 5) is 25.7. The van der Waals surface area contributed by atoms with E-state index < -0.39 is 11.7 Å². The quantitative estimate of drug-likeness (QED) is 0.748. The van der Waals surface area contributed by atoms with Crippen molar-refractivity contribution in [3.8, 4) is 11.3 Å². The summed E-state index contributed by atoms with van der Waals surface area (Å²) in [6.07, 6.45) is 1.50. The highest BCUT2D eigenvalue weighted by Crippen LogP contribution is 2.32. The van der Waals surface area contributed by atoms with Gasteiger partial charge in [-0.25, -0.2) is 0 Å². The molecule has 1 N–H and O–H groups in total. The molecule has 0 spiro atoms. The number of pyridine rings is 2. The van der Waals surface area contributed by atoms with Gasteiger partial charge in [0.05, 0.1) is 29.1 Å². The Labute approximate surface area is 191 Å². The van der Waals surface area contributed by atoms with Crippen LogP contribution in [0.15, 0.2) is 24.5 Å². The van der Waals surface area contributed by atoms with Gasteiger partial charge in [0.25, 0.3) is 5.91 Å². The third-order valence-corrected chi connectivity index (χ3v) is 6.83. The van der Waals surface area contributed by atoms with Crippen LogP contribution in [0.5, 0.6) is 0 Å². The van der Waals surface area contributed by atoms with Crippen LogP contribution in [0.3, 0.4) is 0 Å². The summed E-state index contributed by atoms with van der Waals surface area (Å²) < 4.78 is 39.2. The lowest BCUT2D eigenvalue weighted by molar-refractivity contribution is -0.137. The lowest BCUT2D eigenvalue weighted by Crippen LogP contribution is -2.49. The number of nitrogens with zero attached hydrogens (tertiary/aromatic N) is 4. The van der Waals surface area contributed by atoms with E-state index in [9.17, 15) is 23.1 Å². The van der Waals surface area contributed by atoms with Crippen molar-refractivity contribution in [1.29, 1.82) is 0 Å². The van der Waals surface area contributed by atoms with Crippen molar-refractivity contribution in [2.24, 2.45) is 0 Å². The monoisotopic (exact) mass is 462 g/mol. The van der Waals surface area contributed by atoms with Crippen molar-refractivity contribution in [3.05, 3.63) is 46.9 Å². The highest BCUT2D eigenvalue weighted by molar-refractivity contribution is 5.97. The molecule has 0 unspecified atom stereocenters. The molecule has 2 aromatic rings. The first-order valence-electron chi connectivity index (χ1n) is 11.4. The normalized spacial score (nSPS) is 20.4. The lowest BCUT2D eigenvalue weighted by Gasteiger charge is -2.39. The Balaban J connectivity index is 1.49. The summed E-state index contributed by atoms with van der Waals surface area (Å²) in [5.41, 5.74) is 1.48. The van der Waals surface area contributed by atoms with E-state index in [-0.39, 0.29) is 24.1 Å². The van der Waals surface area contributed by atoms with E-state index in [4.69, 9.17) is 0 Å². The van der Waals surface area contributed by atoms with Gasteiger partial charge in [0.2, 0.25) is 0 Å². The number of piperidine rings is 1. The number of hydrogen-bond donors (Lipinski definition) is 1. The lowest BCUT2D eigenvalue weighted by atomic mass is 9.99. The van der Waals surface area contributed by atoms with Crippen molar-refractivity contribution in [3.63, 3.8) is 0 Å². The fourth-order valence-corrected chi connectivity index (χ4v) is 5.13. The fraction of sp³-hybridized carbons (Fsp3) is 0.542. The van der Waals surface area contributed by atoms with Gasteiger partial charge in [-0.3, -0.25) is 19.7 Å². The van der Waals surface area contributed by atoms with Crippen LogP contribution < -0.4 is 0 Å². The molecule has 2 saturated heterocycles. The Morgan fingerprint density at radius 1 is 1.12 bits per heavy atom. The highest BCUT2D eigenvalue weighted by atomic mass is 19.4. The summed E-state index contributed by atoms with van der Waals surface area (Å²) in [6.45, 7) is 5.95. The van der Waals surface area contributed by atoms with Crippen LogP contribution in [-0.4, -0.2) is 69.1 Å². The number of halogens is 3. The Bertz CT molecular complexity index is 996. The average molecular weight is 463 g/mol. The van der Waals surface area contributed by atoms with Gasteiger partial charge in [0.1, 0.15) is 0 Å². The van der Waals surface area contributed by atoms with Gasteiger partial charge in [-0.2, -0.15) is 13.2 Å². The molecule has 33 heavy (non-hydrogen) atoms. The maximum absolute atomic E-state index is 13.3. The molecule has 2 aromatic heterocycles. The van der Waals surface area contributed by atoms with Crippen LogP contribution in [0.1, 0.15) is 52.9 Å². The smallest absolute Gasteiger partial charge is 0.395 e. The minimum atomic E-state index is -4.48. The molecule has 2 aliphatic rings. The number of likely N-dealkylation sites (tertiary alicyclic amines) is 2. The number of alkyl halides is 3. The van der Waals surface area contributed by atoms with Crippen molar-refractivity contribution < 1.29 is 23.1 Å². The van der Waals surface area contributed by atoms with Crippen molar-refractivity contribution in [2.45, 2.75) is 57.8 Å².